The number of thiophene rings is 1. The lowest BCUT2D eigenvalue weighted by atomic mass is 10.1. The van der Waals surface area contributed by atoms with Gasteiger partial charge in [-0.3, -0.25) is 4.79 Å². The highest BCUT2D eigenvalue weighted by molar-refractivity contribution is 7.12. The van der Waals surface area contributed by atoms with Crippen LogP contribution in [0.3, 0.4) is 0 Å². The molecule has 3 rings (SSSR count). The Morgan fingerprint density at radius 3 is 2.90 bits per heavy atom. The minimum absolute atomic E-state index is 0.0448. The Bertz CT molecular complexity index is 645. The first-order valence-corrected chi connectivity index (χ1v) is 8.18. The first kappa shape index (κ1) is 14.9. The van der Waals surface area contributed by atoms with Gasteiger partial charge in [-0.15, -0.1) is 11.3 Å². The molecule has 0 radical (unpaired) electrons. The largest absolute Gasteiger partial charge is 0.370 e. The van der Waals surface area contributed by atoms with E-state index in [1.807, 2.05) is 28.5 Å². The van der Waals surface area contributed by atoms with Gasteiger partial charge in [0.25, 0.3) is 5.91 Å². The van der Waals surface area contributed by atoms with Gasteiger partial charge in [-0.05, 0) is 23.6 Å². The number of morpholine rings is 1. The Labute approximate surface area is 137 Å². The zero-order valence-electron chi connectivity index (χ0n) is 11.1. The lowest BCUT2D eigenvalue weighted by Crippen LogP contribution is -2.42. The zero-order valence-corrected chi connectivity index (χ0v) is 13.4. The molecular weight excluding hydrogens is 329 g/mol. The van der Waals surface area contributed by atoms with E-state index in [4.69, 9.17) is 27.9 Å². The van der Waals surface area contributed by atoms with Crippen LogP contribution in [0.25, 0.3) is 0 Å². The van der Waals surface area contributed by atoms with Crippen LogP contribution in [-0.4, -0.2) is 30.5 Å². The quantitative estimate of drug-likeness (QED) is 0.816. The van der Waals surface area contributed by atoms with E-state index >= 15 is 0 Å². The maximum absolute atomic E-state index is 12.4. The van der Waals surface area contributed by atoms with Crippen molar-refractivity contribution in [3.8, 4) is 0 Å². The lowest BCUT2D eigenvalue weighted by Gasteiger charge is -2.33. The number of carbonyl (C=O) groups excluding carboxylic acids is 1. The molecule has 3 nitrogen and oxygen atoms in total. The Hall–Kier alpha value is -1.07. The first-order valence-electron chi connectivity index (χ1n) is 6.54. The maximum atomic E-state index is 12.4. The van der Waals surface area contributed by atoms with Gasteiger partial charge < -0.3 is 9.64 Å². The van der Waals surface area contributed by atoms with E-state index in [1.54, 1.807) is 12.1 Å². The molecule has 1 aromatic heterocycles. The molecule has 0 spiro atoms. The van der Waals surface area contributed by atoms with Crippen molar-refractivity contribution >= 4 is 40.4 Å². The maximum Gasteiger partial charge on any atom is 0.264 e. The molecule has 1 unspecified atom stereocenters. The van der Waals surface area contributed by atoms with Crippen LogP contribution < -0.4 is 0 Å². The van der Waals surface area contributed by atoms with Crippen molar-refractivity contribution in [1.82, 2.24) is 4.90 Å². The average molecular weight is 342 g/mol. The van der Waals surface area contributed by atoms with E-state index in [0.29, 0.717) is 29.7 Å². The fraction of sp³-hybridized carbons (Fsp3) is 0.267. The third-order valence-electron chi connectivity index (χ3n) is 3.40. The van der Waals surface area contributed by atoms with Crippen LogP contribution in [0.1, 0.15) is 21.3 Å². The minimum atomic E-state index is -0.215. The molecule has 2 heterocycles. The molecule has 0 bridgehead atoms. The van der Waals surface area contributed by atoms with Gasteiger partial charge in [-0.2, -0.15) is 0 Å². The molecule has 1 fully saturated rings. The third-order valence-corrected chi connectivity index (χ3v) is 4.82. The average Bonchev–Trinajstić information content (AvgIpc) is 3.01. The van der Waals surface area contributed by atoms with E-state index in [1.165, 1.54) is 11.3 Å². The third kappa shape index (κ3) is 3.24. The van der Waals surface area contributed by atoms with Crippen molar-refractivity contribution in [1.29, 1.82) is 0 Å². The highest BCUT2D eigenvalue weighted by atomic mass is 35.5. The second-order valence-corrected chi connectivity index (χ2v) is 6.55. The number of benzene rings is 1. The van der Waals surface area contributed by atoms with Gasteiger partial charge in [-0.1, -0.05) is 35.3 Å². The molecule has 1 atom stereocenters. The van der Waals surface area contributed by atoms with Crippen molar-refractivity contribution in [2.24, 2.45) is 0 Å². The summed E-state index contributed by atoms with van der Waals surface area (Å²) >= 11 is 13.6. The number of hydrogen-bond donors (Lipinski definition) is 0. The second kappa shape index (κ2) is 6.36. The summed E-state index contributed by atoms with van der Waals surface area (Å²) in [5.41, 5.74) is 0.866. The fourth-order valence-corrected chi connectivity index (χ4v) is 3.56. The SMILES string of the molecule is O=C(c1cccs1)N1CCOC(c2ccc(Cl)cc2Cl)C1. The van der Waals surface area contributed by atoms with Crippen LogP contribution in [0.4, 0.5) is 0 Å². The van der Waals surface area contributed by atoms with Gasteiger partial charge >= 0.3 is 0 Å². The standard InChI is InChI=1S/C15H13Cl2NO2S/c16-10-3-4-11(12(17)8-10)13-9-18(5-6-20-13)15(19)14-2-1-7-21-14/h1-4,7-8,13H,5-6,9H2. The summed E-state index contributed by atoms with van der Waals surface area (Å²) in [6.45, 7) is 1.59. The minimum Gasteiger partial charge on any atom is -0.370 e. The molecule has 0 N–H and O–H groups in total. The summed E-state index contributed by atoms with van der Waals surface area (Å²) < 4.78 is 5.76. The molecule has 0 aliphatic carbocycles. The molecule has 1 aliphatic rings. The summed E-state index contributed by atoms with van der Waals surface area (Å²) in [5.74, 6) is 0.0448. The Morgan fingerprint density at radius 1 is 1.33 bits per heavy atom. The Kier molecular flexibility index (Phi) is 4.50. The normalized spacial score (nSPS) is 18.8. The molecule has 1 aromatic carbocycles. The predicted octanol–water partition coefficient (Wildman–Crippen LogP) is 4.27. The highest BCUT2D eigenvalue weighted by Gasteiger charge is 2.27. The lowest BCUT2D eigenvalue weighted by molar-refractivity contribution is -0.0226. The van der Waals surface area contributed by atoms with Crippen LogP contribution in [0.15, 0.2) is 35.7 Å². The smallest absolute Gasteiger partial charge is 0.264 e. The van der Waals surface area contributed by atoms with Crippen LogP contribution in [0.5, 0.6) is 0 Å². The molecule has 1 amide bonds. The summed E-state index contributed by atoms with van der Waals surface area (Å²) in [4.78, 5) is 15.0. The van der Waals surface area contributed by atoms with Gasteiger partial charge in [0, 0.05) is 22.2 Å². The molecular formula is C15H13Cl2NO2S. The summed E-state index contributed by atoms with van der Waals surface area (Å²) in [6, 6.07) is 9.06. The van der Waals surface area contributed by atoms with Gasteiger partial charge in [0.15, 0.2) is 0 Å². The van der Waals surface area contributed by atoms with Crippen molar-refractivity contribution in [2.75, 3.05) is 19.7 Å². The number of amides is 1. The topological polar surface area (TPSA) is 29.5 Å². The van der Waals surface area contributed by atoms with Gasteiger partial charge in [0.1, 0.15) is 6.10 Å². The molecule has 0 saturated carbocycles. The van der Waals surface area contributed by atoms with Gasteiger partial charge in [-0.25, -0.2) is 0 Å². The van der Waals surface area contributed by atoms with E-state index in [0.717, 1.165) is 10.4 Å². The summed E-state index contributed by atoms with van der Waals surface area (Å²) in [6.07, 6.45) is -0.215. The van der Waals surface area contributed by atoms with Crippen LogP contribution in [-0.2, 0) is 4.74 Å². The Morgan fingerprint density at radius 2 is 2.19 bits per heavy atom. The van der Waals surface area contributed by atoms with Crippen molar-refractivity contribution in [3.05, 3.63) is 56.2 Å². The second-order valence-electron chi connectivity index (χ2n) is 4.75. The predicted molar refractivity (Wildman–Crippen MR) is 85.4 cm³/mol. The molecule has 1 aliphatic heterocycles. The van der Waals surface area contributed by atoms with E-state index < -0.39 is 0 Å². The number of nitrogens with zero attached hydrogens (tertiary/aromatic N) is 1. The number of halogens is 2. The zero-order chi connectivity index (χ0) is 14.8. The van der Waals surface area contributed by atoms with Crippen molar-refractivity contribution in [2.45, 2.75) is 6.10 Å². The van der Waals surface area contributed by atoms with Gasteiger partial charge in [0.05, 0.1) is 18.0 Å². The summed E-state index contributed by atoms with van der Waals surface area (Å²) in [5, 5.41) is 3.06. The first-order chi connectivity index (χ1) is 10.1. The Balaban J connectivity index is 1.78. The molecule has 21 heavy (non-hydrogen) atoms. The molecule has 6 heteroatoms. The number of ether oxygens (including phenoxy) is 1. The fourth-order valence-electron chi connectivity index (χ4n) is 2.34. The number of hydrogen-bond acceptors (Lipinski definition) is 3. The molecule has 1 saturated heterocycles. The monoisotopic (exact) mass is 341 g/mol. The van der Waals surface area contributed by atoms with Crippen LogP contribution in [0.2, 0.25) is 10.0 Å². The van der Waals surface area contributed by atoms with E-state index in [-0.39, 0.29) is 12.0 Å². The molecule has 2 aromatic rings. The van der Waals surface area contributed by atoms with Crippen molar-refractivity contribution in [3.63, 3.8) is 0 Å². The number of carbonyl (C=O) groups is 1. The van der Waals surface area contributed by atoms with Crippen LogP contribution >= 0.6 is 34.5 Å². The molecule has 110 valence electrons. The highest BCUT2D eigenvalue weighted by Crippen LogP contribution is 2.31. The summed E-state index contributed by atoms with van der Waals surface area (Å²) in [7, 11) is 0. The number of rotatable bonds is 2. The van der Waals surface area contributed by atoms with Crippen molar-refractivity contribution < 1.29 is 9.53 Å². The van der Waals surface area contributed by atoms with E-state index in [2.05, 4.69) is 0 Å². The van der Waals surface area contributed by atoms with Gasteiger partial charge in [0.2, 0.25) is 0 Å². The van der Waals surface area contributed by atoms with E-state index in [9.17, 15) is 4.79 Å². The van der Waals surface area contributed by atoms with Crippen LogP contribution in [0, 0.1) is 0 Å².